The number of halogens is 1. The predicted octanol–water partition coefficient (Wildman–Crippen LogP) is 3.22. The summed E-state index contributed by atoms with van der Waals surface area (Å²) in [5.41, 5.74) is 0. The molecule has 0 saturated heterocycles. The Labute approximate surface area is 101 Å². The van der Waals surface area contributed by atoms with Crippen LogP contribution in [0.3, 0.4) is 0 Å². The maximum absolute atomic E-state index is 5.99. The molecule has 1 aromatic heterocycles. The van der Waals surface area contributed by atoms with Gasteiger partial charge in [-0.05, 0) is 43.8 Å². The molecule has 1 N–H and O–H groups in total. The van der Waals surface area contributed by atoms with Crippen molar-refractivity contribution < 1.29 is 0 Å². The summed E-state index contributed by atoms with van der Waals surface area (Å²) in [6, 6.07) is 3.74. The molecule has 0 saturated carbocycles. The Hall–Kier alpha value is -0.250. The van der Waals surface area contributed by atoms with Gasteiger partial charge in [-0.3, -0.25) is 0 Å². The van der Waals surface area contributed by atoms with Gasteiger partial charge in [0.15, 0.2) is 0 Å². The van der Waals surface area contributed by atoms with E-state index in [2.05, 4.69) is 17.2 Å². The topological polar surface area (TPSA) is 24.9 Å². The van der Waals surface area contributed by atoms with Crippen LogP contribution in [0, 0.1) is 0 Å². The molecule has 0 bridgehead atoms. The molecule has 15 heavy (non-hydrogen) atoms. The standard InChI is InChI=1S/C11H17ClN2S/c1-2-13-7-3-4-9-15-11-10(12)6-5-8-14-11/h5-6,8,13H,2-4,7,9H2,1H3. The molecule has 0 atom stereocenters. The van der Waals surface area contributed by atoms with Crippen molar-refractivity contribution >= 4 is 23.4 Å². The van der Waals surface area contributed by atoms with E-state index in [0.29, 0.717) is 0 Å². The summed E-state index contributed by atoms with van der Waals surface area (Å²) in [5, 5.41) is 5.01. The highest BCUT2D eigenvalue weighted by Gasteiger charge is 2.00. The first-order valence-corrected chi connectivity index (χ1v) is 6.65. The van der Waals surface area contributed by atoms with E-state index in [1.54, 1.807) is 18.0 Å². The number of hydrogen-bond donors (Lipinski definition) is 1. The van der Waals surface area contributed by atoms with Crippen molar-refractivity contribution in [3.05, 3.63) is 23.4 Å². The first kappa shape index (κ1) is 12.8. The highest BCUT2D eigenvalue weighted by atomic mass is 35.5. The Morgan fingerprint density at radius 1 is 1.47 bits per heavy atom. The molecule has 0 fully saturated rings. The minimum Gasteiger partial charge on any atom is -0.317 e. The zero-order chi connectivity index (χ0) is 10.9. The Balaban J connectivity index is 2.12. The molecule has 0 aliphatic heterocycles. The molecule has 0 amide bonds. The molecular formula is C11H17ClN2S. The Morgan fingerprint density at radius 2 is 2.33 bits per heavy atom. The zero-order valence-electron chi connectivity index (χ0n) is 9.00. The van der Waals surface area contributed by atoms with Gasteiger partial charge in [0.1, 0.15) is 5.03 Å². The molecule has 0 spiro atoms. The van der Waals surface area contributed by atoms with Gasteiger partial charge in [-0.2, -0.15) is 0 Å². The summed E-state index contributed by atoms with van der Waals surface area (Å²) in [4.78, 5) is 4.23. The van der Waals surface area contributed by atoms with Gasteiger partial charge in [0.2, 0.25) is 0 Å². The number of thioether (sulfide) groups is 1. The molecule has 0 aromatic carbocycles. The van der Waals surface area contributed by atoms with Crippen molar-refractivity contribution in [1.29, 1.82) is 0 Å². The quantitative estimate of drug-likeness (QED) is 0.589. The van der Waals surface area contributed by atoms with Crippen LogP contribution in [0.1, 0.15) is 19.8 Å². The average Bonchev–Trinajstić information content (AvgIpc) is 2.25. The third-order valence-corrected chi connectivity index (χ3v) is 3.47. The van der Waals surface area contributed by atoms with Gasteiger partial charge in [-0.15, -0.1) is 11.8 Å². The van der Waals surface area contributed by atoms with E-state index in [0.717, 1.165) is 28.9 Å². The fourth-order valence-corrected chi connectivity index (χ4v) is 2.34. The number of nitrogens with one attached hydrogen (secondary N) is 1. The molecule has 0 aliphatic carbocycles. The number of nitrogens with zero attached hydrogens (tertiary/aromatic N) is 1. The maximum atomic E-state index is 5.99. The minimum atomic E-state index is 0.759. The monoisotopic (exact) mass is 244 g/mol. The van der Waals surface area contributed by atoms with Crippen molar-refractivity contribution in [3.8, 4) is 0 Å². The average molecular weight is 245 g/mol. The fraction of sp³-hybridized carbons (Fsp3) is 0.545. The van der Waals surface area contributed by atoms with Crippen molar-refractivity contribution in [2.75, 3.05) is 18.8 Å². The summed E-state index contributed by atoms with van der Waals surface area (Å²) in [5.74, 6) is 1.09. The summed E-state index contributed by atoms with van der Waals surface area (Å²) in [6.45, 7) is 4.29. The Kier molecular flexibility index (Phi) is 6.81. The predicted molar refractivity (Wildman–Crippen MR) is 67.7 cm³/mol. The second-order valence-corrected chi connectivity index (χ2v) is 4.69. The van der Waals surface area contributed by atoms with E-state index in [4.69, 9.17) is 11.6 Å². The molecule has 84 valence electrons. The SMILES string of the molecule is CCNCCCCSc1ncccc1Cl. The first-order valence-electron chi connectivity index (χ1n) is 5.28. The van der Waals surface area contributed by atoms with Crippen LogP contribution in [-0.2, 0) is 0 Å². The molecular weight excluding hydrogens is 228 g/mol. The number of hydrogen-bond acceptors (Lipinski definition) is 3. The smallest absolute Gasteiger partial charge is 0.115 e. The van der Waals surface area contributed by atoms with Crippen molar-refractivity contribution in [3.63, 3.8) is 0 Å². The number of aromatic nitrogens is 1. The van der Waals surface area contributed by atoms with Crippen molar-refractivity contribution in [2.45, 2.75) is 24.8 Å². The lowest BCUT2D eigenvalue weighted by molar-refractivity contribution is 0.666. The van der Waals surface area contributed by atoms with E-state index in [1.165, 1.54) is 12.8 Å². The molecule has 0 aliphatic rings. The van der Waals surface area contributed by atoms with Crippen LogP contribution in [0.4, 0.5) is 0 Å². The molecule has 1 aromatic rings. The fourth-order valence-electron chi connectivity index (χ4n) is 1.18. The van der Waals surface area contributed by atoms with E-state index >= 15 is 0 Å². The van der Waals surface area contributed by atoms with Gasteiger partial charge in [-0.25, -0.2) is 4.98 Å². The number of rotatable bonds is 7. The van der Waals surface area contributed by atoms with Crippen LogP contribution in [0.25, 0.3) is 0 Å². The zero-order valence-corrected chi connectivity index (χ0v) is 10.6. The molecule has 2 nitrogen and oxygen atoms in total. The van der Waals surface area contributed by atoms with Crippen LogP contribution in [-0.4, -0.2) is 23.8 Å². The lowest BCUT2D eigenvalue weighted by Gasteiger charge is -2.03. The van der Waals surface area contributed by atoms with Gasteiger partial charge < -0.3 is 5.32 Å². The van der Waals surface area contributed by atoms with Gasteiger partial charge >= 0.3 is 0 Å². The van der Waals surface area contributed by atoms with E-state index in [-0.39, 0.29) is 0 Å². The van der Waals surface area contributed by atoms with E-state index in [1.807, 2.05) is 12.1 Å². The largest absolute Gasteiger partial charge is 0.317 e. The van der Waals surface area contributed by atoms with Crippen LogP contribution in [0.15, 0.2) is 23.4 Å². The van der Waals surface area contributed by atoms with Crippen LogP contribution >= 0.6 is 23.4 Å². The first-order chi connectivity index (χ1) is 7.34. The molecule has 1 heterocycles. The molecule has 1 rings (SSSR count). The number of unbranched alkanes of at least 4 members (excludes halogenated alkanes) is 1. The second-order valence-electron chi connectivity index (χ2n) is 3.20. The van der Waals surface area contributed by atoms with Crippen molar-refractivity contribution in [1.82, 2.24) is 10.3 Å². The van der Waals surface area contributed by atoms with Crippen molar-refractivity contribution in [2.24, 2.45) is 0 Å². The molecule has 0 radical (unpaired) electrons. The van der Waals surface area contributed by atoms with Crippen LogP contribution < -0.4 is 5.32 Å². The minimum absolute atomic E-state index is 0.759. The second kappa shape index (κ2) is 7.97. The normalized spacial score (nSPS) is 10.5. The third-order valence-electron chi connectivity index (χ3n) is 1.96. The highest BCUT2D eigenvalue weighted by molar-refractivity contribution is 7.99. The number of pyridine rings is 1. The van der Waals surface area contributed by atoms with E-state index < -0.39 is 0 Å². The summed E-state index contributed by atoms with van der Waals surface area (Å²) in [7, 11) is 0. The van der Waals surface area contributed by atoms with Gasteiger partial charge in [-0.1, -0.05) is 18.5 Å². The molecule has 0 unspecified atom stereocenters. The Morgan fingerprint density at radius 3 is 3.07 bits per heavy atom. The maximum Gasteiger partial charge on any atom is 0.115 e. The van der Waals surface area contributed by atoms with E-state index in [9.17, 15) is 0 Å². The summed E-state index contributed by atoms with van der Waals surface area (Å²) < 4.78 is 0. The van der Waals surface area contributed by atoms with Gasteiger partial charge in [0.25, 0.3) is 0 Å². The van der Waals surface area contributed by atoms with Gasteiger partial charge in [0, 0.05) is 6.20 Å². The lowest BCUT2D eigenvalue weighted by atomic mass is 10.3. The summed E-state index contributed by atoms with van der Waals surface area (Å²) in [6.07, 6.45) is 4.20. The molecule has 4 heteroatoms. The van der Waals surface area contributed by atoms with Crippen LogP contribution in [0.2, 0.25) is 5.02 Å². The Bertz CT molecular complexity index is 281. The van der Waals surface area contributed by atoms with Crippen LogP contribution in [0.5, 0.6) is 0 Å². The highest BCUT2D eigenvalue weighted by Crippen LogP contribution is 2.24. The lowest BCUT2D eigenvalue weighted by Crippen LogP contribution is -2.13. The third kappa shape index (κ3) is 5.40. The summed E-state index contributed by atoms with van der Waals surface area (Å²) >= 11 is 7.73. The van der Waals surface area contributed by atoms with Gasteiger partial charge in [0.05, 0.1) is 5.02 Å².